The van der Waals surface area contributed by atoms with Gasteiger partial charge < -0.3 is 14.2 Å². The molecule has 0 bridgehead atoms. The first-order chi connectivity index (χ1) is 29.0. The zero-order chi connectivity index (χ0) is 43.0. The van der Waals surface area contributed by atoms with Gasteiger partial charge in [0, 0.05) is 19.3 Å². The van der Waals surface area contributed by atoms with E-state index in [0.29, 0.717) is 19.3 Å². The molecule has 0 aromatic carbocycles. The number of esters is 3. The SMILES string of the molecule is CCC/C=C\CCCCCCCC(=O)OC(COC(=O)CCCCCCCCCCC)COC(=O)CCCCCCCCCCCCCCCCCCCCCCCC. The number of allylic oxidation sites excluding steroid dienone is 2. The van der Waals surface area contributed by atoms with Crippen molar-refractivity contribution in [1.29, 1.82) is 0 Å². The van der Waals surface area contributed by atoms with Crippen LogP contribution in [0.25, 0.3) is 0 Å². The van der Waals surface area contributed by atoms with Crippen molar-refractivity contribution < 1.29 is 28.6 Å². The maximum Gasteiger partial charge on any atom is 0.306 e. The van der Waals surface area contributed by atoms with Crippen molar-refractivity contribution in [2.45, 2.75) is 297 Å². The number of rotatable bonds is 48. The first-order valence-electron chi connectivity index (χ1n) is 26.2. The summed E-state index contributed by atoms with van der Waals surface area (Å²) in [5, 5.41) is 0. The largest absolute Gasteiger partial charge is 0.462 e. The molecule has 0 saturated carbocycles. The lowest BCUT2D eigenvalue weighted by Gasteiger charge is -2.18. The van der Waals surface area contributed by atoms with Crippen LogP contribution in [0, 0.1) is 0 Å². The molecular formula is C53H100O6. The van der Waals surface area contributed by atoms with Crippen LogP contribution < -0.4 is 0 Å². The van der Waals surface area contributed by atoms with Crippen LogP contribution in [0.2, 0.25) is 0 Å². The lowest BCUT2D eigenvalue weighted by atomic mass is 10.0. The summed E-state index contributed by atoms with van der Waals surface area (Å²) in [5.74, 6) is -0.868. The topological polar surface area (TPSA) is 78.9 Å². The number of carbonyl (C=O) groups excluding carboxylic acids is 3. The van der Waals surface area contributed by atoms with E-state index in [1.807, 2.05) is 0 Å². The molecule has 0 radical (unpaired) electrons. The molecule has 0 heterocycles. The summed E-state index contributed by atoms with van der Waals surface area (Å²) < 4.78 is 16.7. The molecule has 0 aliphatic heterocycles. The molecule has 0 aromatic heterocycles. The second-order valence-electron chi connectivity index (χ2n) is 17.8. The van der Waals surface area contributed by atoms with Crippen molar-refractivity contribution in [3.05, 3.63) is 12.2 Å². The second kappa shape index (κ2) is 48.8. The Labute approximate surface area is 367 Å². The van der Waals surface area contributed by atoms with Gasteiger partial charge in [-0.25, -0.2) is 0 Å². The first-order valence-corrected chi connectivity index (χ1v) is 26.2. The minimum absolute atomic E-state index is 0.0687. The fraction of sp³-hybridized carbons (Fsp3) is 0.906. The van der Waals surface area contributed by atoms with Crippen LogP contribution in [-0.2, 0) is 28.6 Å². The lowest BCUT2D eigenvalue weighted by molar-refractivity contribution is -0.167. The Morgan fingerprint density at radius 1 is 0.322 bits per heavy atom. The molecule has 0 amide bonds. The maximum absolute atomic E-state index is 12.7. The summed E-state index contributed by atoms with van der Waals surface area (Å²) >= 11 is 0. The van der Waals surface area contributed by atoms with Crippen molar-refractivity contribution in [2.75, 3.05) is 13.2 Å². The molecule has 0 fully saturated rings. The molecule has 59 heavy (non-hydrogen) atoms. The zero-order valence-corrected chi connectivity index (χ0v) is 39.8. The van der Waals surface area contributed by atoms with Crippen LogP contribution in [0.1, 0.15) is 290 Å². The third kappa shape index (κ3) is 47.1. The molecule has 1 atom stereocenters. The molecular weight excluding hydrogens is 733 g/mol. The molecule has 0 aliphatic rings. The Hall–Kier alpha value is -1.85. The third-order valence-electron chi connectivity index (χ3n) is 11.8. The first kappa shape index (κ1) is 57.1. The van der Waals surface area contributed by atoms with Gasteiger partial charge in [0.1, 0.15) is 13.2 Å². The zero-order valence-electron chi connectivity index (χ0n) is 39.8. The van der Waals surface area contributed by atoms with Gasteiger partial charge in [0.05, 0.1) is 0 Å². The smallest absolute Gasteiger partial charge is 0.306 e. The fourth-order valence-corrected chi connectivity index (χ4v) is 7.80. The molecule has 0 saturated heterocycles. The van der Waals surface area contributed by atoms with E-state index in [1.54, 1.807) is 0 Å². The van der Waals surface area contributed by atoms with Crippen molar-refractivity contribution in [1.82, 2.24) is 0 Å². The lowest BCUT2D eigenvalue weighted by Crippen LogP contribution is -2.30. The van der Waals surface area contributed by atoms with Crippen molar-refractivity contribution in [2.24, 2.45) is 0 Å². The summed E-state index contributed by atoms with van der Waals surface area (Å²) in [6, 6.07) is 0. The summed E-state index contributed by atoms with van der Waals surface area (Å²) in [6.45, 7) is 6.58. The van der Waals surface area contributed by atoms with Gasteiger partial charge >= 0.3 is 17.9 Å². The van der Waals surface area contributed by atoms with E-state index < -0.39 is 6.10 Å². The summed E-state index contributed by atoms with van der Waals surface area (Å²) in [4.78, 5) is 37.8. The molecule has 0 aliphatic carbocycles. The highest BCUT2D eigenvalue weighted by molar-refractivity contribution is 5.71. The molecule has 348 valence electrons. The van der Waals surface area contributed by atoms with E-state index >= 15 is 0 Å². The Bertz CT molecular complexity index is 916. The fourth-order valence-electron chi connectivity index (χ4n) is 7.80. The number of hydrogen-bond donors (Lipinski definition) is 0. The van der Waals surface area contributed by atoms with Crippen LogP contribution in [-0.4, -0.2) is 37.2 Å². The van der Waals surface area contributed by atoms with Crippen LogP contribution >= 0.6 is 0 Å². The van der Waals surface area contributed by atoms with E-state index in [0.717, 1.165) is 70.6 Å². The minimum Gasteiger partial charge on any atom is -0.462 e. The molecule has 6 heteroatoms. The quantitative estimate of drug-likeness (QED) is 0.0263. The summed E-state index contributed by atoms with van der Waals surface area (Å²) in [7, 11) is 0. The second-order valence-corrected chi connectivity index (χ2v) is 17.8. The summed E-state index contributed by atoms with van der Waals surface area (Å²) in [5.41, 5.74) is 0. The van der Waals surface area contributed by atoms with E-state index in [9.17, 15) is 14.4 Å². The monoisotopic (exact) mass is 833 g/mol. The molecule has 6 nitrogen and oxygen atoms in total. The average molecular weight is 833 g/mol. The maximum atomic E-state index is 12.7. The van der Waals surface area contributed by atoms with Gasteiger partial charge in [0.15, 0.2) is 6.10 Å². The normalized spacial score (nSPS) is 12.0. The van der Waals surface area contributed by atoms with E-state index in [1.165, 1.54) is 180 Å². The van der Waals surface area contributed by atoms with Crippen molar-refractivity contribution >= 4 is 17.9 Å². The molecule has 0 N–H and O–H groups in total. The van der Waals surface area contributed by atoms with Crippen molar-refractivity contribution in [3.8, 4) is 0 Å². The Morgan fingerprint density at radius 3 is 0.915 bits per heavy atom. The van der Waals surface area contributed by atoms with Gasteiger partial charge in [0.25, 0.3) is 0 Å². The highest BCUT2D eigenvalue weighted by atomic mass is 16.6. The highest BCUT2D eigenvalue weighted by Gasteiger charge is 2.19. The molecule has 0 spiro atoms. The minimum atomic E-state index is -0.766. The van der Waals surface area contributed by atoms with Crippen LogP contribution in [0.3, 0.4) is 0 Å². The number of hydrogen-bond acceptors (Lipinski definition) is 6. The van der Waals surface area contributed by atoms with Crippen LogP contribution in [0.5, 0.6) is 0 Å². The predicted octanol–water partition coefficient (Wildman–Crippen LogP) is 17.0. The Kier molecular flexibility index (Phi) is 47.3. The number of ether oxygens (including phenoxy) is 3. The van der Waals surface area contributed by atoms with E-state index in [-0.39, 0.29) is 31.1 Å². The summed E-state index contributed by atoms with van der Waals surface area (Å²) in [6.07, 6.45) is 53.6. The number of unbranched alkanes of at least 4 members (excludes halogenated alkanes) is 35. The average Bonchev–Trinajstić information content (AvgIpc) is 3.23. The molecule has 1 unspecified atom stereocenters. The van der Waals surface area contributed by atoms with Crippen molar-refractivity contribution in [3.63, 3.8) is 0 Å². The standard InChI is InChI=1S/C53H100O6/c1-4-7-10-13-16-19-21-22-23-24-25-26-27-28-29-30-31-32-35-37-40-43-46-52(55)58-49-50(48-57-51(54)45-42-39-36-33-18-15-12-9-6-3)59-53(56)47-44-41-38-34-20-17-14-11-8-5-2/h11,14,50H,4-10,12-13,15-49H2,1-3H3/b14-11-. The van der Waals surface area contributed by atoms with Gasteiger partial charge in [0.2, 0.25) is 0 Å². The van der Waals surface area contributed by atoms with Gasteiger partial charge in [-0.1, -0.05) is 245 Å². The van der Waals surface area contributed by atoms with Gasteiger partial charge in [-0.2, -0.15) is 0 Å². The predicted molar refractivity (Wildman–Crippen MR) is 252 cm³/mol. The molecule has 0 aromatic rings. The van der Waals surface area contributed by atoms with E-state index in [4.69, 9.17) is 14.2 Å². The Morgan fingerprint density at radius 2 is 0.593 bits per heavy atom. The van der Waals surface area contributed by atoms with Crippen LogP contribution in [0.15, 0.2) is 12.2 Å². The van der Waals surface area contributed by atoms with Gasteiger partial charge in [-0.05, 0) is 38.5 Å². The van der Waals surface area contributed by atoms with Gasteiger partial charge in [-0.3, -0.25) is 14.4 Å². The van der Waals surface area contributed by atoms with Crippen LogP contribution in [0.4, 0.5) is 0 Å². The number of carbonyl (C=O) groups is 3. The highest BCUT2D eigenvalue weighted by Crippen LogP contribution is 2.17. The van der Waals surface area contributed by atoms with E-state index in [2.05, 4.69) is 32.9 Å². The third-order valence-corrected chi connectivity index (χ3v) is 11.8. The molecule has 0 rings (SSSR count). The Balaban J connectivity index is 4.12. The van der Waals surface area contributed by atoms with Gasteiger partial charge in [-0.15, -0.1) is 0 Å².